The third-order valence-electron chi connectivity index (χ3n) is 4.71. The minimum atomic E-state index is -0.235. The number of furan rings is 1. The molecule has 1 fully saturated rings. The van der Waals surface area contributed by atoms with Crippen LogP contribution in [0.25, 0.3) is 11.3 Å². The molecular formula is C19H21NO3S2. The number of hydrogen-bond donors (Lipinski definition) is 2. The van der Waals surface area contributed by atoms with Crippen molar-refractivity contribution in [2.24, 2.45) is 0 Å². The van der Waals surface area contributed by atoms with Gasteiger partial charge in [0.2, 0.25) is 5.91 Å². The van der Waals surface area contributed by atoms with E-state index in [1.165, 1.54) is 11.8 Å². The highest BCUT2D eigenvalue weighted by Gasteiger charge is 2.30. The van der Waals surface area contributed by atoms with E-state index in [-0.39, 0.29) is 16.6 Å². The predicted octanol–water partition coefficient (Wildman–Crippen LogP) is 4.40. The maximum atomic E-state index is 11.8. The van der Waals surface area contributed by atoms with Crippen LogP contribution < -0.4 is 5.32 Å². The summed E-state index contributed by atoms with van der Waals surface area (Å²) in [5.74, 6) is 1.71. The first kappa shape index (κ1) is 18.0. The summed E-state index contributed by atoms with van der Waals surface area (Å²) in [5, 5.41) is 12.6. The minimum Gasteiger partial charge on any atom is -0.508 e. The van der Waals surface area contributed by atoms with Crippen LogP contribution in [-0.2, 0) is 16.6 Å². The molecule has 1 aromatic heterocycles. The van der Waals surface area contributed by atoms with Crippen LogP contribution >= 0.6 is 24.0 Å². The van der Waals surface area contributed by atoms with Gasteiger partial charge in [0.1, 0.15) is 21.6 Å². The van der Waals surface area contributed by atoms with Crippen LogP contribution in [0.2, 0.25) is 0 Å². The van der Waals surface area contributed by atoms with Crippen LogP contribution in [0.15, 0.2) is 34.7 Å². The van der Waals surface area contributed by atoms with E-state index < -0.39 is 0 Å². The number of carbonyl (C=O) groups excluding carboxylic acids is 1. The Morgan fingerprint density at radius 2 is 2.08 bits per heavy atom. The zero-order chi connectivity index (χ0) is 18.2. The highest BCUT2D eigenvalue weighted by molar-refractivity contribution is 8.24. The molecule has 1 unspecified atom stereocenters. The molecule has 0 aliphatic carbocycles. The van der Waals surface area contributed by atoms with Gasteiger partial charge < -0.3 is 14.8 Å². The first-order chi connectivity index (χ1) is 11.8. The van der Waals surface area contributed by atoms with Crippen LogP contribution in [0.5, 0.6) is 5.75 Å². The maximum Gasteiger partial charge on any atom is 0.239 e. The molecule has 0 bridgehead atoms. The molecule has 1 aliphatic heterocycles. The summed E-state index contributed by atoms with van der Waals surface area (Å²) in [6, 6.07) is 9.33. The van der Waals surface area contributed by atoms with Gasteiger partial charge in [-0.3, -0.25) is 4.79 Å². The van der Waals surface area contributed by atoms with Gasteiger partial charge in [0.25, 0.3) is 0 Å². The molecule has 0 saturated carbocycles. The number of thioether (sulfide) groups is 1. The van der Waals surface area contributed by atoms with Crippen molar-refractivity contribution in [3.8, 4) is 17.1 Å². The Hall–Kier alpha value is -1.79. The summed E-state index contributed by atoms with van der Waals surface area (Å²) in [5.41, 5.74) is 1.70. The number of carbonyl (C=O) groups is 1. The second-order valence-corrected chi connectivity index (χ2v) is 8.70. The summed E-state index contributed by atoms with van der Waals surface area (Å²) in [4.78, 5) is 11.8. The Bertz CT molecular complexity index is 826. The topological polar surface area (TPSA) is 62.5 Å². The van der Waals surface area contributed by atoms with Crippen molar-refractivity contribution >= 4 is 34.2 Å². The summed E-state index contributed by atoms with van der Waals surface area (Å²) in [6.07, 6.45) is 1.42. The average Bonchev–Trinajstić information content (AvgIpc) is 3.14. The highest BCUT2D eigenvalue weighted by atomic mass is 32.2. The van der Waals surface area contributed by atoms with Crippen LogP contribution in [0, 0.1) is 0 Å². The fourth-order valence-corrected chi connectivity index (χ4v) is 4.06. The lowest BCUT2D eigenvalue weighted by Gasteiger charge is -2.24. The lowest BCUT2D eigenvalue weighted by molar-refractivity contribution is -0.118. The van der Waals surface area contributed by atoms with E-state index in [4.69, 9.17) is 16.6 Å². The number of phenolic OH excluding ortho intramolecular Hbond substituents is 1. The molecule has 4 nitrogen and oxygen atoms in total. The van der Waals surface area contributed by atoms with Crippen molar-refractivity contribution in [2.75, 3.05) is 0 Å². The fourth-order valence-electron chi connectivity index (χ4n) is 2.77. The molecule has 132 valence electrons. The van der Waals surface area contributed by atoms with Crippen molar-refractivity contribution in [3.63, 3.8) is 0 Å². The number of hydrogen-bond acceptors (Lipinski definition) is 5. The minimum absolute atomic E-state index is 0.0652. The molecule has 1 aliphatic rings. The van der Waals surface area contributed by atoms with Gasteiger partial charge in [-0.2, -0.15) is 0 Å². The third kappa shape index (κ3) is 3.75. The molecular weight excluding hydrogens is 354 g/mol. The average molecular weight is 376 g/mol. The van der Waals surface area contributed by atoms with Crippen LogP contribution in [0.1, 0.15) is 38.5 Å². The van der Waals surface area contributed by atoms with E-state index in [1.54, 1.807) is 6.07 Å². The Morgan fingerprint density at radius 3 is 2.72 bits per heavy atom. The second kappa shape index (κ2) is 6.84. The number of aromatic hydroxyl groups is 1. The number of phenols is 1. The molecule has 2 N–H and O–H groups in total. The van der Waals surface area contributed by atoms with E-state index in [0.29, 0.717) is 16.5 Å². The lowest BCUT2D eigenvalue weighted by atomic mass is 9.81. The van der Waals surface area contributed by atoms with E-state index in [1.807, 2.05) is 24.3 Å². The largest absolute Gasteiger partial charge is 0.508 e. The van der Waals surface area contributed by atoms with Gasteiger partial charge in [-0.15, -0.1) is 0 Å². The molecule has 2 aromatic rings. The predicted molar refractivity (Wildman–Crippen MR) is 105 cm³/mol. The van der Waals surface area contributed by atoms with Gasteiger partial charge in [0.05, 0.1) is 5.25 Å². The normalized spacial score (nSPS) is 17.8. The molecule has 6 heteroatoms. The molecule has 1 amide bonds. The van der Waals surface area contributed by atoms with E-state index in [2.05, 4.69) is 26.1 Å². The summed E-state index contributed by atoms with van der Waals surface area (Å²) >= 11 is 6.38. The Kier molecular flexibility index (Phi) is 4.93. The highest BCUT2D eigenvalue weighted by Crippen LogP contribution is 2.37. The maximum absolute atomic E-state index is 11.8. The van der Waals surface area contributed by atoms with Crippen LogP contribution in [-0.4, -0.2) is 20.6 Å². The molecule has 0 spiro atoms. The zero-order valence-corrected chi connectivity index (χ0v) is 16.1. The van der Waals surface area contributed by atoms with Crippen LogP contribution in [0.4, 0.5) is 0 Å². The molecule has 25 heavy (non-hydrogen) atoms. The van der Waals surface area contributed by atoms with Gasteiger partial charge in [0, 0.05) is 17.5 Å². The number of nitrogens with one attached hydrogen (secondary N) is 1. The van der Waals surface area contributed by atoms with E-state index in [9.17, 15) is 9.90 Å². The quantitative estimate of drug-likeness (QED) is 0.759. The Morgan fingerprint density at radius 1 is 1.32 bits per heavy atom. The van der Waals surface area contributed by atoms with Crippen molar-refractivity contribution in [1.29, 1.82) is 0 Å². The molecule has 3 rings (SSSR count). The summed E-state index contributed by atoms with van der Waals surface area (Å²) in [7, 11) is 0. The first-order valence-corrected chi connectivity index (χ1v) is 9.53. The van der Waals surface area contributed by atoms with Gasteiger partial charge in [-0.05, 0) is 42.2 Å². The van der Waals surface area contributed by atoms with Crippen molar-refractivity contribution in [2.45, 2.75) is 44.3 Å². The molecule has 1 aromatic carbocycles. The fraction of sp³-hybridized carbons (Fsp3) is 0.368. The lowest BCUT2D eigenvalue weighted by Crippen LogP contribution is -2.25. The van der Waals surface area contributed by atoms with E-state index in [0.717, 1.165) is 29.1 Å². The van der Waals surface area contributed by atoms with Gasteiger partial charge in [0.15, 0.2) is 0 Å². The number of benzene rings is 1. The van der Waals surface area contributed by atoms with Crippen molar-refractivity contribution < 1.29 is 14.3 Å². The van der Waals surface area contributed by atoms with E-state index >= 15 is 0 Å². The Labute approximate surface area is 157 Å². The van der Waals surface area contributed by atoms with Crippen LogP contribution in [0.3, 0.4) is 0 Å². The van der Waals surface area contributed by atoms with Gasteiger partial charge in [-0.1, -0.05) is 44.8 Å². The first-order valence-electron chi connectivity index (χ1n) is 8.24. The second-order valence-electron chi connectivity index (χ2n) is 6.82. The van der Waals surface area contributed by atoms with Crippen molar-refractivity contribution in [1.82, 2.24) is 5.32 Å². The standard InChI is InChI=1S/C19H21NO3S2/c1-4-19(2,3)13-9-11(5-7-14(13)21)15-8-6-12(23-15)10-16-17(22)20-18(24)25-16/h5-9,16,21H,4,10H2,1-3H3,(H,20,22,24). The number of thiocarbonyl (C=S) groups is 1. The van der Waals surface area contributed by atoms with Crippen molar-refractivity contribution in [3.05, 3.63) is 41.7 Å². The number of rotatable bonds is 5. The molecule has 1 atom stereocenters. The molecule has 1 saturated heterocycles. The molecule has 0 radical (unpaired) electrons. The SMILES string of the molecule is CCC(C)(C)c1cc(-c2ccc(CC3SC(=S)NC3=O)o2)ccc1O. The zero-order valence-electron chi connectivity index (χ0n) is 14.5. The summed E-state index contributed by atoms with van der Waals surface area (Å²) in [6.45, 7) is 6.32. The Balaban J connectivity index is 1.84. The third-order valence-corrected chi connectivity index (χ3v) is 6.08. The summed E-state index contributed by atoms with van der Waals surface area (Å²) < 4.78 is 6.46. The smallest absolute Gasteiger partial charge is 0.239 e. The van der Waals surface area contributed by atoms with Gasteiger partial charge in [-0.25, -0.2) is 0 Å². The molecule has 2 heterocycles. The monoisotopic (exact) mass is 375 g/mol. The van der Waals surface area contributed by atoms with Gasteiger partial charge >= 0.3 is 0 Å². The number of amides is 1.